The summed E-state index contributed by atoms with van der Waals surface area (Å²) in [6.07, 6.45) is -0.748. The van der Waals surface area contributed by atoms with Crippen molar-refractivity contribution in [2.75, 3.05) is 44.4 Å². The highest BCUT2D eigenvalue weighted by molar-refractivity contribution is 5.98. The van der Waals surface area contributed by atoms with Crippen molar-refractivity contribution in [2.24, 2.45) is 0 Å². The Kier molecular flexibility index (Phi) is 5.90. The average molecular weight is 410 g/mol. The first-order valence-corrected chi connectivity index (χ1v) is 10.2. The Hall–Kier alpha value is -3.06. The maximum atomic E-state index is 13.1. The fraction of sp³-hybridized carbons (Fsp3) is 0.391. The van der Waals surface area contributed by atoms with Crippen molar-refractivity contribution in [3.8, 4) is 11.5 Å². The molecular weight excluding hydrogens is 384 g/mol. The first-order chi connectivity index (χ1) is 14.5. The second-order valence-electron chi connectivity index (χ2n) is 7.53. The van der Waals surface area contributed by atoms with Crippen molar-refractivity contribution in [1.29, 1.82) is 0 Å². The van der Waals surface area contributed by atoms with Gasteiger partial charge in [0.15, 0.2) is 12.7 Å². The number of carbonyl (C=O) groups excluding carboxylic acids is 2. The molecule has 1 fully saturated rings. The number of ether oxygens (including phenoxy) is 3. The Morgan fingerprint density at radius 2 is 1.73 bits per heavy atom. The molecule has 0 bridgehead atoms. The highest BCUT2D eigenvalue weighted by atomic mass is 16.5. The molecule has 2 heterocycles. The fourth-order valence-corrected chi connectivity index (χ4v) is 3.83. The normalized spacial score (nSPS) is 18.4. The molecule has 2 aliphatic heterocycles. The maximum Gasteiger partial charge on any atom is 0.265 e. The molecule has 4 rings (SSSR count). The standard InChI is InChI=1S/C23H26N2O5/c1-16-6-5-7-17(2)22(16)29-15-21(26)25-14-20(23(27)24-10-12-28-13-11-24)30-19-9-4-3-8-18(19)25/h3-9,20H,10-15H2,1-2H3/t20-/m1/s1. The summed E-state index contributed by atoms with van der Waals surface area (Å²) in [6, 6.07) is 13.1. The molecule has 30 heavy (non-hydrogen) atoms. The van der Waals surface area contributed by atoms with Crippen LogP contribution in [0.1, 0.15) is 11.1 Å². The maximum absolute atomic E-state index is 13.1. The Morgan fingerprint density at radius 1 is 1.03 bits per heavy atom. The van der Waals surface area contributed by atoms with E-state index >= 15 is 0 Å². The molecule has 0 spiro atoms. The van der Waals surface area contributed by atoms with E-state index in [0.717, 1.165) is 11.1 Å². The monoisotopic (exact) mass is 410 g/mol. The summed E-state index contributed by atoms with van der Waals surface area (Å²) in [5.74, 6) is 0.901. The molecule has 0 aromatic heterocycles. The van der Waals surface area contributed by atoms with Crippen LogP contribution in [0.25, 0.3) is 0 Å². The third-order valence-corrected chi connectivity index (χ3v) is 5.42. The number of rotatable bonds is 4. The van der Waals surface area contributed by atoms with E-state index in [1.165, 1.54) is 0 Å². The van der Waals surface area contributed by atoms with Crippen LogP contribution in [0, 0.1) is 13.8 Å². The van der Waals surface area contributed by atoms with Gasteiger partial charge >= 0.3 is 0 Å². The van der Waals surface area contributed by atoms with Gasteiger partial charge in [-0.25, -0.2) is 0 Å². The van der Waals surface area contributed by atoms with Crippen LogP contribution in [0.5, 0.6) is 11.5 Å². The summed E-state index contributed by atoms with van der Waals surface area (Å²) in [4.78, 5) is 29.4. The third-order valence-electron chi connectivity index (χ3n) is 5.42. The molecular formula is C23H26N2O5. The van der Waals surface area contributed by atoms with Gasteiger partial charge < -0.3 is 24.0 Å². The van der Waals surface area contributed by atoms with Crippen LogP contribution in [-0.2, 0) is 14.3 Å². The highest BCUT2D eigenvalue weighted by Crippen LogP contribution is 2.34. The van der Waals surface area contributed by atoms with Crippen molar-refractivity contribution < 1.29 is 23.8 Å². The minimum absolute atomic E-state index is 0.113. The molecule has 2 aromatic carbocycles. The number of aryl methyl sites for hydroxylation is 2. The lowest BCUT2D eigenvalue weighted by molar-refractivity contribution is -0.142. The number of carbonyl (C=O) groups is 2. The lowest BCUT2D eigenvalue weighted by Crippen LogP contribution is -2.54. The number of hydrogen-bond acceptors (Lipinski definition) is 5. The third kappa shape index (κ3) is 4.11. The zero-order valence-electron chi connectivity index (χ0n) is 17.3. The van der Waals surface area contributed by atoms with Crippen LogP contribution in [0.4, 0.5) is 5.69 Å². The van der Waals surface area contributed by atoms with Gasteiger partial charge in [0.25, 0.3) is 11.8 Å². The smallest absolute Gasteiger partial charge is 0.265 e. The second-order valence-corrected chi connectivity index (χ2v) is 7.53. The van der Waals surface area contributed by atoms with E-state index < -0.39 is 6.10 Å². The van der Waals surface area contributed by atoms with Crippen molar-refractivity contribution >= 4 is 17.5 Å². The number of morpholine rings is 1. The predicted octanol–water partition coefficient (Wildman–Crippen LogP) is 2.34. The number of benzene rings is 2. The van der Waals surface area contributed by atoms with Gasteiger partial charge in [-0.15, -0.1) is 0 Å². The fourth-order valence-electron chi connectivity index (χ4n) is 3.83. The van der Waals surface area contributed by atoms with Gasteiger partial charge in [0.2, 0.25) is 0 Å². The number of amides is 2. The molecule has 1 atom stereocenters. The largest absolute Gasteiger partial charge is 0.483 e. The van der Waals surface area contributed by atoms with Gasteiger partial charge in [0.1, 0.15) is 11.5 Å². The van der Waals surface area contributed by atoms with Crippen LogP contribution in [0.3, 0.4) is 0 Å². The Labute approximate surface area is 176 Å². The van der Waals surface area contributed by atoms with E-state index in [4.69, 9.17) is 14.2 Å². The zero-order chi connectivity index (χ0) is 21.1. The summed E-state index contributed by atoms with van der Waals surface area (Å²) in [6.45, 7) is 6.04. The van der Waals surface area contributed by atoms with Gasteiger partial charge in [-0.3, -0.25) is 9.59 Å². The highest BCUT2D eigenvalue weighted by Gasteiger charge is 2.36. The van der Waals surface area contributed by atoms with Gasteiger partial charge in [-0.1, -0.05) is 30.3 Å². The van der Waals surface area contributed by atoms with Crippen LogP contribution in [0.15, 0.2) is 42.5 Å². The lowest BCUT2D eigenvalue weighted by Gasteiger charge is -2.37. The topological polar surface area (TPSA) is 68.3 Å². The minimum atomic E-state index is -0.748. The Balaban J connectivity index is 1.52. The quantitative estimate of drug-likeness (QED) is 0.774. The van der Waals surface area contributed by atoms with Gasteiger partial charge in [-0.2, -0.15) is 0 Å². The summed E-state index contributed by atoms with van der Waals surface area (Å²) in [5, 5.41) is 0. The zero-order valence-corrected chi connectivity index (χ0v) is 17.3. The van der Waals surface area contributed by atoms with Gasteiger partial charge in [0, 0.05) is 13.1 Å². The summed E-state index contributed by atoms with van der Waals surface area (Å²) in [5.41, 5.74) is 2.61. The second kappa shape index (κ2) is 8.75. The molecule has 7 nitrogen and oxygen atoms in total. The first kappa shape index (κ1) is 20.2. The van der Waals surface area contributed by atoms with Crippen LogP contribution in [0.2, 0.25) is 0 Å². The molecule has 0 unspecified atom stereocenters. The van der Waals surface area contributed by atoms with Gasteiger partial charge in [-0.05, 0) is 37.1 Å². The van der Waals surface area contributed by atoms with Crippen molar-refractivity contribution in [2.45, 2.75) is 20.0 Å². The van der Waals surface area contributed by atoms with E-state index in [1.807, 2.05) is 50.2 Å². The molecule has 1 saturated heterocycles. The van der Waals surface area contributed by atoms with Crippen molar-refractivity contribution in [3.63, 3.8) is 0 Å². The SMILES string of the molecule is Cc1cccc(C)c1OCC(=O)N1C[C@H](C(=O)N2CCOCC2)Oc2ccccc21. The lowest BCUT2D eigenvalue weighted by atomic mass is 10.1. The molecule has 0 aliphatic carbocycles. The van der Waals surface area contributed by atoms with Crippen LogP contribution >= 0.6 is 0 Å². The Morgan fingerprint density at radius 3 is 2.47 bits per heavy atom. The minimum Gasteiger partial charge on any atom is -0.483 e. The molecule has 2 aliphatic rings. The summed E-state index contributed by atoms with van der Waals surface area (Å²) >= 11 is 0. The van der Waals surface area contributed by atoms with E-state index in [1.54, 1.807) is 15.9 Å². The molecule has 0 N–H and O–H groups in total. The molecule has 2 amide bonds. The van der Waals surface area contributed by atoms with Gasteiger partial charge in [0.05, 0.1) is 25.4 Å². The molecule has 0 saturated carbocycles. The van der Waals surface area contributed by atoms with E-state index in [0.29, 0.717) is 43.5 Å². The summed E-state index contributed by atoms with van der Waals surface area (Å²) in [7, 11) is 0. The number of para-hydroxylation sites is 3. The Bertz CT molecular complexity index is 919. The molecule has 158 valence electrons. The van der Waals surface area contributed by atoms with Crippen LogP contribution in [-0.4, -0.2) is 62.3 Å². The predicted molar refractivity (Wildman–Crippen MR) is 112 cm³/mol. The van der Waals surface area contributed by atoms with Crippen LogP contribution < -0.4 is 14.4 Å². The molecule has 2 aromatic rings. The molecule has 7 heteroatoms. The van der Waals surface area contributed by atoms with E-state index in [2.05, 4.69) is 0 Å². The first-order valence-electron chi connectivity index (χ1n) is 10.2. The average Bonchev–Trinajstić information content (AvgIpc) is 2.78. The molecule has 0 radical (unpaired) electrons. The number of fused-ring (bicyclic) bond motifs is 1. The number of nitrogens with zero attached hydrogens (tertiary/aromatic N) is 2. The summed E-state index contributed by atoms with van der Waals surface area (Å²) < 4.78 is 17.2. The number of anilines is 1. The van der Waals surface area contributed by atoms with E-state index in [9.17, 15) is 9.59 Å². The number of hydrogen-bond donors (Lipinski definition) is 0. The van der Waals surface area contributed by atoms with Crippen molar-refractivity contribution in [1.82, 2.24) is 4.90 Å². The van der Waals surface area contributed by atoms with Crippen molar-refractivity contribution in [3.05, 3.63) is 53.6 Å². The van der Waals surface area contributed by atoms with E-state index in [-0.39, 0.29) is 25.0 Å².